The molecule has 4 heteroatoms. The van der Waals surface area contributed by atoms with E-state index in [0.717, 1.165) is 11.4 Å². The van der Waals surface area contributed by atoms with Crippen LogP contribution in [0.15, 0.2) is 42.6 Å². The van der Waals surface area contributed by atoms with Gasteiger partial charge >= 0.3 is 0 Å². The van der Waals surface area contributed by atoms with Crippen LogP contribution in [0.4, 0.5) is 11.5 Å². The van der Waals surface area contributed by atoms with Gasteiger partial charge in [0.1, 0.15) is 11.6 Å². The van der Waals surface area contributed by atoms with Gasteiger partial charge in [0, 0.05) is 13.2 Å². The Morgan fingerprint density at radius 1 is 1.21 bits per heavy atom. The number of carbonyl (C=O) groups is 1. The second kappa shape index (κ2) is 5.52. The van der Waals surface area contributed by atoms with Gasteiger partial charge in [0.05, 0.1) is 18.4 Å². The number of para-hydroxylation sites is 2. The number of carbonyl (C=O) groups excluding carboxylic acids is 1. The monoisotopic (exact) mass is 256 g/mol. The van der Waals surface area contributed by atoms with Crippen molar-refractivity contribution >= 4 is 17.3 Å². The molecule has 0 saturated carbocycles. The van der Waals surface area contributed by atoms with Crippen LogP contribution in [-0.2, 0) is 0 Å². The fourth-order valence-corrected chi connectivity index (χ4v) is 1.96. The smallest absolute Gasteiger partial charge is 0.163 e. The SMILES string of the molecule is COc1ccccc1N(C)c1ncccc1C(C)=O. The van der Waals surface area contributed by atoms with Crippen molar-refractivity contribution in [3.05, 3.63) is 48.2 Å². The second-order valence-corrected chi connectivity index (χ2v) is 4.16. The van der Waals surface area contributed by atoms with Crippen LogP contribution in [0.1, 0.15) is 17.3 Å². The van der Waals surface area contributed by atoms with Crippen LogP contribution < -0.4 is 9.64 Å². The molecule has 98 valence electrons. The van der Waals surface area contributed by atoms with Crippen molar-refractivity contribution in [1.82, 2.24) is 4.98 Å². The topological polar surface area (TPSA) is 42.4 Å². The molecule has 0 radical (unpaired) electrons. The Hall–Kier alpha value is -2.36. The van der Waals surface area contributed by atoms with Crippen molar-refractivity contribution in [2.75, 3.05) is 19.1 Å². The molecule has 0 N–H and O–H groups in total. The number of hydrogen-bond acceptors (Lipinski definition) is 4. The molecule has 0 fully saturated rings. The highest BCUT2D eigenvalue weighted by molar-refractivity contribution is 5.99. The van der Waals surface area contributed by atoms with E-state index in [1.165, 1.54) is 6.92 Å². The molecular formula is C15H16N2O2. The highest BCUT2D eigenvalue weighted by atomic mass is 16.5. The summed E-state index contributed by atoms with van der Waals surface area (Å²) in [5.41, 5.74) is 1.46. The van der Waals surface area contributed by atoms with Crippen LogP contribution in [-0.4, -0.2) is 24.9 Å². The summed E-state index contributed by atoms with van der Waals surface area (Å²) < 4.78 is 5.33. The highest BCUT2D eigenvalue weighted by Crippen LogP contribution is 2.32. The van der Waals surface area contributed by atoms with Crippen LogP contribution >= 0.6 is 0 Å². The Kier molecular flexibility index (Phi) is 3.80. The van der Waals surface area contributed by atoms with E-state index >= 15 is 0 Å². The number of Topliss-reactive ketones (excluding diaryl/α,β-unsaturated/α-hetero) is 1. The number of nitrogens with zero attached hydrogens (tertiary/aromatic N) is 2. The molecule has 0 bridgehead atoms. The molecule has 4 nitrogen and oxygen atoms in total. The summed E-state index contributed by atoms with van der Waals surface area (Å²) in [6.45, 7) is 1.54. The first-order valence-electron chi connectivity index (χ1n) is 5.98. The number of rotatable bonds is 4. The molecule has 19 heavy (non-hydrogen) atoms. The number of aromatic nitrogens is 1. The van der Waals surface area contributed by atoms with Crippen molar-refractivity contribution in [1.29, 1.82) is 0 Å². The molecule has 1 heterocycles. The first-order valence-corrected chi connectivity index (χ1v) is 5.98. The van der Waals surface area contributed by atoms with Gasteiger partial charge in [-0.2, -0.15) is 0 Å². The van der Waals surface area contributed by atoms with Gasteiger partial charge in [0.15, 0.2) is 5.78 Å². The van der Waals surface area contributed by atoms with Gasteiger partial charge < -0.3 is 9.64 Å². The minimum atomic E-state index is -0.00940. The minimum absolute atomic E-state index is 0.00940. The first-order chi connectivity index (χ1) is 9.15. The molecular weight excluding hydrogens is 240 g/mol. The summed E-state index contributed by atoms with van der Waals surface area (Å²) in [7, 11) is 3.49. The minimum Gasteiger partial charge on any atom is -0.495 e. The lowest BCUT2D eigenvalue weighted by Crippen LogP contribution is -2.15. The molecule has 0 unspecified atom stereocenters. The molecule has 0 spiro atoms. The normalized spacial score (nSPS) is 10.1. The Morgan fingerprint density at radius 3 is 2.63 bits per heavy atom. The number of methoxy groups -OCH3 is 1. The number of hydrogen-bond donors (Lipinski definition) is 0. The third-order valence-electron chi connectivity index (χ3n) is 2.93. The molecule has 0 saturated heterocycles. The summed E-state index contributed by atoms with van der Waals surface area (Å²) in [5.74, 6) is 1.36. The maximum Gasteiger partial charge on any atom is 0.163 e. The summed E-state index contributed by atoms with van der Waals surface area (Å²) in [6.07, 6.45) is 1.67. The van der Waals surface area contributed by atoms with E-state index in [-0.39, 0.29) is 5.78 Å². The lowest BCUT2D eigenvalue weighted by molar-refractivity contribution is 0.101. The summed E-state index contributed by atoms with van der Waals surface area (Å²) in [6, 6.07) is 11.2. The predicted octanol–water partition coefficient (Wildman–Crippen LogP) is 3.06. The van der Waals surface area contributed by atoms with E-state index in [0.29, 0.717) is 11.4 Å². The molecule has 2 rings (SSSR count). The number of anilines is 2. The molecule has 0 aliphatic rings. The average Bonchev–Trinajstić information content (AvgIpc) is 2.46. The van der Waals surface area contributed by atoms with Crippen LogP contribution in [0.25, 0.3) is 0 Å². The Bertz CT molecular complexity index is 596. The van der Waals surface area contributed by atoms with Crippen LogP contribution in [0.2, 0.25) is 0 Å². The van der Waals surface area contributed by atoms with Gasteiger partial charge in [-0.05, 0) is 31.2 Å². The van der Waals surface area contributed by atoms with Gasteiger partial charge in [-0.3, -0.25) is 4.79 Å². The van der Waals surface area contributed by atoms with E-state index in [1.54, 1.807) is 25.4 Å². The van der Waals surface area contributed by atoms with Crippen molar-refractivity contribution in [3.8, 4) is 5.75 Å². The van der Waals surface area contributed by atoms with Crippen molar-refractivity contribution in [2.45, 2.75) is 6.92 Å². The third-order valence-corrected chi connectivity index (χ3v) is 2.93. The molecule has 1 aromatic carbocycles. The maximum atomic E-state index is 11.7. The van der Waals surface area contributed by atoms with Crippen molar-refractivity contribution in [2.24, 2.45) is 0 Å². The Morgan fingerprint density at radius 2 is 1.95 bits per heavy atom. The molecule has 0 aliphatic heterocycles. The molecule has 1 aromatic heterocycles. The first kappa shape index (κ1) is 13.1. The summed E-state index contributed by atoms with van der Waals surface area (Å²) >= 11 is 0. The molecule has 0 amide bonds. The quantitative estimate of drug-likeness (QED) is 0.788. The van der Waals surface area contributed by atoms with Gasteiger partial charge in [-0.1, -0.05) is 12.1 Å². The number of pyridine rings is 1. The molecule has 0 atom stereocenters. The van der Waals surface area contributed by atoms with Crippen molar-refractivity contribution in [3.63, 3.8) is 0 Å². The molecule has 0 aliphatic carbocycles. The summed E-state index contributed by atoms with van der Waals surface area (Å²) in [4.78, 5) is 17.8. The number of ether oxygens (including phenoxy) is 1. The van der Waals surface area contributed by atoms with Crippen molar-refractivity contribution < 1.29 is 9.53 Å². The zero-order valence-corrected chi connectivity index (χ0v) is 11.3. The Balaban J connectivity index is 2.50. The van der Waals surface area contributed by atoms with E-state index in [2.05, 4.69) is 4.98 Å². The zero-order chi connectivity index (χ0) is 13.8. The third kappa shape index (κ3) is 2.57. The van der Waals surface area contributed by atoms with E-state index in [9.17, 15) is 4.79 Å². The van der Waals surface area contributed by atoms with Crippen LogP contribution in [0.3, 0.4) is 0 Å². The number of benzene rings is 1. The highest BCUT2D eigenvalue weighted by Gasteiger charge is 2.16. The zero-order valence-electron chi connectivity index (χ0n) is 11.3. The molecule has 2 aromatic rings. The second-order valence-electron chi connectivity index (χ2n) is 4.16. The number of ketones is 1. The fourth-order valence-electron chi connectivity index (χ4n) is 1.96. The fraction of sp³-hybridized carbons (Fsp3) is 0.200. The van der Waals surface area contributed by atoms with Gasteiger partial charge in [-0.25, -0.2) is 4.98 Å². The van der Waals surface area contributed by atoms with Gasteiger partial charge in [0.2, 0.25) is 0 Å². The largest absolute Gasteiger partial charge is 0.495 e. The summed E-state index contributed by atoms with van der Waals surface area (Å²) in [5, 5.41) is 0. The van der Waals surface area contributed by atoms with E-state index in [4.69, 9.17) is 4.74 Å². The average molecular weight is 256 g/mol. The van der Waals surface area contributed by atoms with Gasteiger partial charge in [-0.15, -0.1) is 0 Å². The van der Waals surface area contributed by atoms with Crippen LogP contribution in [0.5, 0.6) is 5.75 Å². The standard InChI is InChI=1S/C15H16N2O2/c1-11(18)12-7-6-10-16-15(12)17(2)13-8-4-5-9-14(13)19-3/h4-10H,1-3H3. The lowest BCUT2D eigenvalue weighted by Gasteiger charge is -2.22. The van der Waals surface area contributed by atoms with Crippen LogP contribution in [0, 0.1) is 0 Å². The van der Waals surface area contributed by atoms with Gasteiger partial charge in [0.25, 0.3) is 0 Å². The lowest BCUT2D eigenvalue weighted by atomic mass is 10.1. The van der Waals surface area contributed by atoms with E-state index < -0.39 is 0 Å². The predicted molar refractivity (Wildman–Crippen MR) is 75.3 cm³/mol. The van der Waals surface area contributed by atoms with E-state index in [1.807, 2.05) is 36.2 Å². The Labute approximate surface area is 112 Å². The maximum absolute atomic E-state index is 11.7.